The van der Waals surface area contributed by atoms with Gasteiger partial charge < -0.3 is 10.2 Å². The molecule has 3 rings (SSSR count). The van der Waals surface area contributed by atoms with E-state index in [1.54, 1.807) is 4.90 Å². The van der Waals surface area contributed by atoms with Crippen LogP contribution in [0.2, 0.25) is 5.02 Å². The molecule has 1 aliphatic heterocycles. The van der Waals surface area contributed by atoms with Crippen LogP contribution < -0.4 is 10.2 Å². The van der Waals surface area contributed by atoms with E-state index in [-0.39, 0.29) is 10.6 Å². The van der Waals surface area contributed by atoms with E-state index in [1.165, 1.54) is 50.0 Å². The smallest absolute Gasteiger partial charge is 0.254 e. The number of quaternary nitrogens is 1. The van der Waals surface area contributed by atoms with Gasteiger partial charge in [-0.3, -0.25) is 4.79 Å². The SMILES string of the molecule is O=C(NCc1ccc(C[NH+]2CCCCC2)cc1)c1ccc(Cl)cc1F. The average molecular weight is 362 g/mol. The van der Waals surface area contributed by atoms with Crippen molar-refractivity contribution in [3.63, 3.8) is 0 Å². The first kappa shape index (κ1) is 17.9. The molecule has 0 aromatic heterocycles. The third-order valence-electron chi connectivity index (χ3n) is 4.67. The highest BCUT2D eigenvalue weighted by atomic mass is 35.5. The summed E-state index contributed by atoms with van der Waals surface area (Å²) in [6.07, 6.45) is 4.00. The molecule has 1 amide bonds. The van der Waals surface area contributed by atoms with Crippen molar-refractivity contribution in [3.8, 4) is 0 Å². The number of piperidine rings is 1. The van der Waals surface area contributed by atoms with Crippen molar-refractivity contribution in [3.05, 3.63) is 70.0 Å². The molecule has 0 atom stereocenters. The number of carbonyl (C=O) groups is 1. The van der Waals surface area contributed by atoms with Crippen LogP contribution >= 0.6 is 11.6 Å². The highest BCUT2D eigenvalue weighted by Crippen LogP contribution is 2.14. The Balaban J connectivity index is 1.53. The van der Waals surface area contributed by atoms with Gasteiger partial charge in [-0.05, 0) is 43.0 Å². The first-order chi connectivity index (χ1) is 12.1. The second kappa shape index (κ2) is 8.45. The fourth-order valence-electron chi connectivity index (χ4n) is 3.24. The minimum absolute atomic E-state index is 0.00900. The molecular weight excluding hydrogens is 339 g/mol. The average Bonchev–Trinajstić information content (AvgIpc) is 2.62. The molecular formula is C20H23ClFN2O+. The first-order valence-electron chi connectivity index (χ1n) is 8.76. The van der Waals surface area contributed by atoms with E-state index in [9.17, 15) is 9.18 Å². The quantitative estimate of drug-likeness (QED) is 0.843. The van der Waals surface area contributed by atoms with Gasteiger partial charge in [0.15, 0.2) is 0 Å². The molecule has 2 aromatic rings. The summed E-state index contributed by atoms with van der Waals surface area (Å²) in [5.41, 5.74) is 2.32. The lowest BCUT2D eigenvalue weighted by Gasteiger charge is -2.23. The van der Waals surface area contributed by atoms with Crippen LogP contribution in [-0.4, -0.2) is 19.0 Å². The van der Waals surface area contributed by atoms with Gasteiger partial charge in [-0.15, -0.1) is 0 Å². The molecule has 0 aliphatic carbocycles. The van der Waals surface area contributed by atoms with Gasteiger partial charge in [-0.2, -0.15) is 0 Å². The van der Waals surface area contributed by atoms with Crippen LogP contribution in [0.4, 0.5) is 4.39 Å². The number of rotatable bonds is 5. The van der Waals surface area contributed by atoms with Gasteiger partial charge in [0, 0.05) is 17.1 Å². The van der Waals surface area contributed by atoms with Crippen molar-refractivity contribution in [2.75, 3.05) is 13.1 Å². The standard InChI is InChI=1S/C20H22ClFN2O/c21-17-8-9-18(19(22)12-17)20(25)23-13-15-4-6-16(7-5-15)14-24-10-2-1-3-11-24/h4-9,12H,1-3,10-11,13-14H2,(H,23,25)/p+1. The number of hydrogen-bond donors (Lipinski definition) is 2. The van der Waals surface area contributed by atoms with Gasteiger partial charge in [-0.25, -0.2) is 4.39 Å². The van der Waals surface area contributed by atoms with E-state index < -0.39 is 11.7 Å². The van der Waals surface area contributed by atoms with Crippen LogP contribution in [0.15, 0.2) is 42.5 Å². The number of halogens is 2. The van der Waals surface area contributed by atoms with Gasteiger partial charge in [0.25, 0.3) is 5.91 Å². The van der Waals surface area contributed by atoms with Gasteiger partial charge in [0.1, 0.15) is 12.4 Å². The molecule has 2 aromatic carbocycles. The molecule has 0 saturated carbocycles. The van der Waals surface area contributed by atoms with E-state index in [0.29, 0.717) is 6.54 Å². The first-order valence-corrected chi connectivity index (χ1v) is 9.14. The Labute approximate surface area is 152 Å². The Hall–Kier alpha value is -1.91. The van der Waals surface area contributed by atoms with E-state index >= 15 is 0 Å². The monoisotopic (exact) mass is 361 g/mol. The summed E-state index contributed by atoms with van der Waals surface area (Å²) in [4.78, 5) is 13.7. The van der Waals surface area contributed by atoms with Crippen molar-refractivity contribution in [1.82, 2.24) is 5.32 Å². The van der Waals surface area contributed by atoms with Gasteiger partial charge in [0.05, 0.1) is 18.7 Å². The minimum atomic E-state index is -0.607. The summed E-state index contributed by atoms with van der Waals surface area (Å²) < 4.78 is 13.8. The van der Waals surface area contributed by atoms with Gasteiger partial charge in [0.2, 0.25) is 0 Å². The fraction of sp³-hybridized carbons (Fsp3) is 0.350. The highest BCUT2D eigenvalue weighted by Gasteiger charge is 2.14. The molecule has 1 saturated heterocycles. The topological polar surface area (TPSA) is 33.5 Å². The fourth-order valence-corrected chi connectivity index (χ4v) is 3.40. The summed E-state index contributed by atoms with van der Waals surface area (Å²) in [5, 5.41) is 3.03. The lowest BCUT2D eigenvalue weighted by molar-refractivity contribution is -0.918. The second-order valence-electron chi connectivity index (χ2n) is 6.61. The largest absolute Gasteiger partial charge is 0.348 e. The number of likely N-dealkylation sites (tertiary alicyclic amines) is 1. The highest BCUT2D eigenvalue weighted by molar-refractivity contribution is 6.30. The summed E-state index contributed by atoms with van der Waals surface area (Å²) in [6, 6.07) is 12.3. The van der Waals surface area contributed by atoms with Crippen molar-refractivity contribution in [1.29, 1.82) is 0 Å². The zero-order valence-electron chi connectivity index (χ0n) is 14.2. The minimum Gasteiger partial charge on any atom is -0.348 e. The van der Waals surface area contributed by atoms with E-state index in [1.807, 2.05) is 12.1 Å². The molecule has 3 nitrogen and oxygen atoms in total. The maximum atomic E-state index is 13.8. The molecule has 1 fully saturated rings. The van der Waals surface area contributed by atoms with Crippen molar-refractivity contribution >= 4 is 17.5 Å². The van der Waals surface area contributed by atoms with Crippen LogP contribution in [-0.2, 0) is 13.1 Å². The zero-order chi connectivity index (χ0) is 17.6. The van der Waals surface area contributed by atoms with Crippen LogP contribution in [0.3, 0.4) is 0 Å². The predicted molar refractivity (Wildman–Crippen MR) is 97.3 cm³/mol. The lowest BCUT2D eigenvalue weighted by atomic mass is 10.1. The maximum absolute atomic E-state index is 13.8. The Kier molecular flexibility index (Phi) is 6.05. The zero-order valence-corrected chi connectivity index (χ0v) is 14.9. The van der Waals surface area contributed by atoms with Gasteiger partial charge >= 0.3 is 0 Å². The maximum Gasteiger partial charge on any atom is 0.254 e. The Morgan fingerprint density at radius 2 is 1.72 bits per heavy atom. The Morgan fingerprint density at radius 1 is 1.04 bits per heavy atom. The van der Waals surface area contributed by atoms with E-state index in [4.69, 9.17) is 11.6 Å². The van der Waals surface area contributed by atoms with Crippen LogP contribution in [0.25, 0.3) is 0 Å². The van der Waals surface area contributed by atoms with Crippen molar-refractivity contribution in [2.45, 2.75) is 32.4 Å². The van der Waals surface area contributed by atoms with Crippen LogP contribution in [0.1, 0.15) is 40.7 Å². The van der Waals surface area contributed by atoms with Crippen molar-refractivity contribution in [2.24, 2.45) is 0 Å². The number of benzene rings is 2. The summed E-state index contributed by atoms with van der Waals surface area (Å²) in [7, 11) is 0. The van der Waals surface area contributed by atoms with Crippen LogP contribution in [0, 0.1) is 5.82 Å². The summed E-state index contributed by atoms with van der Waals surface area (Å²) in [6.45, 7) is 3.94. The van der Waals surface area contributed by atoms with Crippen molar-refractivity contribution < 1.29 is 14.1 Å². The lowest BCUT2D eigenvalue weighted by Crippen LogP contribution is -3.11. The Morgan fingerprint density at radius 3 is 2.40 bits per heavy atom. The summed E-state index contributed by atoms with van der Waals surface area (Å²) >= 11 is 5.71. The molecule has 0 unspecified atom stereocenters. The third kappa shape index (κ3) is 5.03. The normalized spacial score (nSPS) is 15.1. The van der Waals surface area contributed by atoms with Crippen LogP contribution in [0.5, 0.6) is 0 Å². The number of amides is 1. The molecule has 0 spiro atoms. The molecule has 1 aliphatic rings. The predicted octanol–water partition coefficient (Wildman–Crippen LogP) is 2.98. The molecule has 2 N–H and O–H groups in total. The molecule has 0 radical (unpaired) electrons. The molecule has 132 valence electrons. The van der Waals surface area contributed by atoms with Gasteiger partial charge in [-0.1, -0.05) is 35.9 Å². The molecule has 5 heteroatoms. The third-order valence-corrected chi connectivity index (χ3v) is 4.90. The number of hydrogen-bond acceptors (Lipinski definition) is 1. The van der Waals surface area contributed by atoms with E-state index in [2.05, 4.69) is 17.4 Å². The molecule has 0 bridgehead atoms. The molecule has 1 heterocycles. The summed E-state index contributed by atoms with van der Waals surface area (Å²) in [5.74, 6) is -1.04. The number of carbonyl (C=O) groups excluding carboxylic acids is 1. The Bertz CT molecular complexity index is 727. The number of nitrogens with one attached hydrogen (secondary N) is 2. The molecule has 25 heavy (non-hydrogen) atoms. The second-order valence-corrected chi connectivity index (χ2v) is 7.05. The van der Waals surface area contributed by atoms with E-state index in [0.717, 1.165) is 18.2 Å².